The first-order chi connectivity index (χ1) is 11.4. The first-order valence-electron chi connectivity index (χ1n) is 7.53. The van der Waals surface area contributed by atoms with E-state index in [9.17, 15) is 9.59 Å². The molecule has 2 aromatic rings. The largest absolute Gasteiger partial charge is 0.490 e. The molecular weight excluding hydrogens is 326 g/mol. The average molecular weight is 345 g/mol. The van der Waals surface area contributed by atoms with E-state index in [0.717, 1.165) is 5.00 Å². The van der Waals surface area contributed by atoms with Crippen LogP contribution in [0.3, 0.4) is 0 Å². The van der Waals surface area contributed by atoms with E-state index in [2.05, 4.69) is 10.6 Å². The number of ether oxygens (including phenoxy) is 1. The van der Waals surface area contributed by atoms with Gasteiger partial charge < -0.3 is 15.0 Å². The lowest BCUT2D eigenvalue weighted by Gasteiger charge is -2.24. The number of nitrogens with zero attached hydrogens (tertiary/aromatic N) is 1. The molecule has 126 valence electrons. The molecule has 3 rings (SSSR count). The molecule has 0 fully saturated rings. The van der Waals surface area contributed by atoms with Crippen molar-refractivity contribution in [1.82, 2.24) is 0 Å². The highest BCUT2D eigenvalue weighted by Gasteiger charge is 2.36. The number of urea groups is 1. The maximum atomic E-state index is 12.4. The standard InChI is InChI=1S/C17H19N3O3S/c1-17(2)10-23-13-9-11(6-7-12(13)20(3)15(17)21)18-16(22)19-14-5-4-8-24-14/h4-9H,10H2,1-3H3,(H2,18,19,22). The van der Waals surface area contributed by atoms with Crippen molar-refractivity contribution in [3.8, 4) is 5.75 Å². The van der Waals surface area contributed by atoms with Gasteiger partial charge in [-0.2, -0.15) is 0 Å². The molecule has 2 heterocycles. The molecule has 0 radical (unpaired) electrons. The number of rotatable bonds is 2. The molecule has 6 nitrogen and oxygen atoms in total. The fraction of sp³-hybridized carbons (Fsp3) is 0.294. The minimum atomic E-state index is -0.599. The molecule has 0 aliphatic carbocycles. The van der Waals surface area contributed by atoms with Crippen LogP contribution in [0.4, 0.5) is 21.2 Å². The van der Waals surface area contributed by atoms with Crippen molar-refractivity contribution in [2.45, 2.75) is 13.8 Å². The highest BCUT2D eigenvalue weighted by Crippen LogP contribution is 2.37. The first kappa shape index (κ1) is 16.3. The molecule has 1 aromatic heterocycles. The molecule has 1 aliphatic heterocycles. The van der Waals surface area contributed by atoms with Gasteiger partial charge in [0.05, 0.1) is 16.1 Å². The minimum absolute atomic E-state index is 0.00241. The number of carbonyl (C=O) groups is 2. The van der Waals surface area contributed by atoms with E-state index < -0.39 is 5.41 Å². The summed E-state index contributed by atoms with van der Waals surface area (Å²) in [4.78, 5) is 26.0. The topological polar surface area (TPSA) is 70.7 Å². The quantitative estimate of drug-likeness (QED) is 0.870. The van der Waals surface area contributed by atoms with E-state index in [1.165, 1.54) is 11.3 Å². The zero-order valence-corrected chi connectivity index (χ0v) is 14.6. The zero-order valence-electron chi connectivity index (χ0n) is 13.8. The predicted octanol–water partition coefficient (Wildman–Crippen LogP) is 3.77. The molecule has 2 N–H and O–H groups in total. The van der Waals surface area contributed by atoms with Gasteiger partial charge in [0.1, 0.15) is 12.4 Å². The summed E-state index contributed by atoms with van der Waals surface area (Å²) in [5.74, 6) is 0.572. The lowest BCUT2D eigenvalue weighted by molar-refractivity contribution is -0.127. The summed E-state index contributed by atoms with van der Waals surface area (Å²) in [7, 11) is 1.73. The van der Waals surface area contributed by atoms with Gasteiger partial charge in [0.15, 0.2) is 0 Å². The Morgan fingerprint density at radius 2 is 2.08 bits per heavy atom. The molecule has 0 unspecified atom stereocenters. The number of anilines is 3. The molecule has 0 bridgehead atoms. The van der Waals surface area contributed by atoms with E-state index in [1.54, 1.807) is 30.1 Å². The Kier molecular flexibility index (Phi) is 4.19. The highest BCUT2D eigenvalue weighted by molar-refractivity contribution is 7.14. The van der Waals surface area contributed by atoms with Crippen LogP contribution < -0.4 is 20.3 Å². The number of thiophene rings is 1. The Morgan fingerprint density at radius 3 is 2.79 bits per heavy atom. The highest BCUT2D eigenvalue weighted by atomic mass is 32.1. The molecule has 0 saturated heterocycles. The fourth-order valence-corrected chi connectivity index (χ4v) is 3.10. The Hall–Kier alpha value is -2.54. The summed E-state index contributed by atoms with van der Waals surface area (Å²) >= 11 is 1.45. The van der Waals surface area contributed by atoms with Gasteiger partial charge in [-0.15, -0.1) is 11.3 Å². The fourth-order valence-electron chi connectivity index (χ4n) is 2.49. The summed E-state index contributed by atoms with van der Waals surface area (Å²) in [5, 5.41) is 8.18. The van der Waals surface area contributed by atoms with Crippen LogP contribution in [0.1, 0.15) is 13.8 Å². The van der Waals surface area contributed by atoms with E-state index in [1.807, 2.05) is 31.4 Å². The summed E-state index contributed by atoms with van der Waals surface area (Å²) in [5.41, 5.74) is 0.691. The normalized spacial score (nSPS) is 16.0. The van der Waals surface area contributed by atoms with E-state index >= 15 is 0 Å². The van der Waals surface area contributed by atoms with Crippen molar-refractivity contribution in [3.63, 3.8) is 0 Å². The maximum absolute atomic E-state index is 12.4. The Morgan fingerprint density at radius 1 is 1.29 bits per heavy atom. The van der Waals surface area contributed by atoms with Crippen LogP contribution in [0.2, 0.25) is 0 Å². The van der Waals surface area contributed by atoms with Gasteiger partial charge in [-0.05, 0) is 43.5 Å². The second-order valence-electron chi connectivity index (χ2n) is 6.28. The van der Waals surface area contributed by atoms with E-state index in [-0.39, 0.29) is 18.5 Å². The second-order valence-corrected chi connectivity index (χ2v) is 7.22. The first-order valence-corrected chi connectivity index (χ1v) is 8.41. The molecule has 24 heavy (non-hydrogen) atoms. The van der Waals surface area contributed by atoms with Crippen LogP contribution in [0, 0.1) is 5.41 Å². The van der Waals surface area contributed by atoms with Gasteiger partial charge in [0.25, 0.3) is 0 Å². The van der Waals surface area contributed by atoms with Crippen LogP contribution in [0.25, 0.3) is 0 Å². The monoisotopic (exact) mass is 345 g/mol. The predicted molar refractivity (Wildman–Crippen MR) is 96.1 cm³/mol. The minimum Gasteiger partial charge on any atom is -0.490 e. The van der Waals surface area contributed by atoms with Gasteiger partial charge in [-0.25, -0.2) is 4.79 Å². The van der Waals surface area contributed by atoms with Crippen LogP contribution >= 0.6 is 11.3 Å². The Labute approximate surface area is 144 Å². The molecule has 7 heteroatoms. The third-order valence-corrected chi connectivity index (χ3v) is 4.59. The third kappa shape index (κ3) is 3.21. The van der Waals surface area contributed by atoms with Gasteiger partial charge in [0, 0.05) is 18.8 Å². The Balaban J connectivity index is 1.78. The van der Waals surface area contributed by atoms with Crippen molar-refractivity contribution >= 4 is 39.7 Å². The molecule has 3 amide bonds. The van der Waals surface area contributed by atoms with Crippen LogP contribution in [0.15, 0.2) is 35.7 Å². The average Bonchev–Trinajstić information content (AvgIpc) is 3.01. The zero-order chi connectivity index (χ0) is 17.3. The second kappa shape index (κ2) is 6.16. The number of amides is 3. The number of hydrogen-bond donors (Lipinski definition) is 2. The van der Waals surface area contributed by atoms with Crippen molar-refractivity contribution < 1.29 is 14.3 Å². The summed E-state index contributed by atoms with van der Waals surface area (Å²) in [6, 6.07) is 8.62. The third-order valence-electron chi connectivity index (χ3n) is 3.81. The molecule has 1 aliphatic rings. The van der Waals surface area contributed by atoms with Crippen LogP contribution in [-0.4, -0.2) is 25.6 Å². The Bertz CT molecular complexity index is 771. The SMILES string of the molecule is CN1C(=O)C(C)(C)COc2cc(NC(=O)Nc3cccs3)ccc21. The number of benzene rings is 1. The summed E-state index contributed by atoms with van der Waals surface area (Å²) in [6.07, 6.45) is 0. The van der Waals surface area contributed by atoms with Crippen LogP contribution in [-0.2, 0) is 4.79 Å². The lowest BCUT2D eigenvalue weighted by Crippen LogP contribution is -2.39. The van der Waals surface area contributed by atoms with Crippen molar-refractivity contribution in [2.75, 3.05) is 29.2 Å². The number of hydrogen-bond acceptors (Lipinski definition) is 4. The van der Waals surface area contributed by atoms with Gasteiger partial charge in [0.2, 0.25) is 5.91 Å². The molecular formula is C17H19N3O3S. The van der Waals surface area contributed by atoms with Crippen molar-refractivity contribution in [2.24, 2.45) is 5.41 Å². The van der Waals surface area contributed by atoms with Gasteiger partial charge >= 0.3 is 6.03 Å². The number of fused-ring (bicyclic) bond motifs is 1. The maximum Gasteiger partial charge on any atom is 0.324 e. The molecule has 1 aromatic carbocycles. The summed E-state index contributed by atoms with van der Waals surface area (Å²) < 4.78 is 5.80. The number of nitrogens with one attached hydrogen (secondary N) is 2. The summed E-state index contributed by atoms with van der Waals surface area (Å²) in [6.45, 7) is 3.99. The van der Waals surface area contributed by atoms with Crippen molar-refractivity contribution in [1.29, 1.82) is 0 Å². The lowest BCUT2D eigenvalue weighted by atomic mass is 9.93. The molecule has 0 saturated carbocycles. The van der Waals surface area contributed by atoms with E-state index in [0.29, 0.717) is 17.1 Å². The van der Waals surface area contributed by atoms with E-state index in [4.69, 9.17) is 4.74 Å². The smallest absolute Gasteiger partial charge is 0.324 e. The molecule has 0 atom stereocenters. The number of carbonyl (C=O) groups excluding carboxylic acids is 2. The van der Waals surface area contributed by atoms with Gasteiger partial charge in [-0.3, -0.25) is 10.1 Å². The molecule has 0 spiro atoms. The van der Waals surface area contributed by atoms with Gasteiger partial charge in [-0.1, -0.05) is 0 Å². The van der Waals surface area contributed by atoms with Crippen molar-refractivity contribution in [3.05, 3.63) is 35.7 Å². The van der Waals surface area contributed by atoms with Crippen LogP contribution in [0.5, 0.6) is 5.75 Å².